The molecule has 3 N–H and O–H groups in total. The van der Waals surface area contributed by atoms with E-state index in [0.29, 0.717) is 17.4 Å². The predicted molar refractivity (Wildman–Crippen MR) is 345 cm³/mol. The molecule has 0 aliphatic heterocycles. The second-order valence-corrected chi connectivity index (χ2v) is 24.2. The third kappa shape index (κ3) is 62.4. The van der Waals surface area contributed by atoms with E-state index in [1.54, 1.807) is 6.08 Å². The number of aliphatic hydroxyl groups excluding tert-OH is 1. The highest BCUT2D eigenvalue weighted by Crippen LogP contribution is 2.43. The molecule has 9 heteroatoms. The summed E-state index contributed by atoms with van der Waals surface area (Å²) in [5, 5.41) is 13.9. The Labute approximate surface area is 488 Å². The van der Waals surface area contributed by atoms with Gasteiger partial charge in [0.15, 0.2) is 0 Å². The first-order chi connectivity index (χ1) is 38.5. The van der Waals surface area contributed by atoms with Crippen LogP contribution in [0.4, 0.5) is 0 Å². The van der Waals surface area contributed by atoms with Gasteiger partial charge < -0.3 is 19.8 Å². The van der Waals surface area contributed by atoms with E-state index in [-0.39, 0.29) is 19.1 Å². The number of amides is 1. The zero-order valence-corrected chi connectivity index (χ0v) is 52.7. The number of unbranched alkanes of at least 4 members (excludes halogenated alkanes) is 27. The second-order valence-electron chi connectivity index (χ2n) is 22.7. The summed E-state index contributed by atoms with van der Waals surface area (Å²) in [7, 11) is 1.52. The molecule has 1 amide bonds. The number of likely N-dealkylation sites (N-methyl/N-ethyl adjacent to an activating group) is 1. The minimum atomic E-state index is -4.38. The van der Waals surface area contributed by atoms with E-state index >= 15 is 0 Å². The van der Waals surface area contributed by atoms with Crippen LogP contribution in [0.25, 0.3) is 0 Å². The molecule has 0 bridgehead atoms. The number of nitrogens with one attached hydrogen (secondary N) is 1. The smallest absolute Gasteiger partial charge is 0.387 e. The molecule has 0 rings (SSSR count). The third-order valence-electron chi connectivity index (χ3n) is 13.9. The van der Waals surface area contributed by atoms with Gasteiger partial charge in [-0.25, -0.2) is 4.57 Å². The van der Waals surface area contributed by atoms with Crippen molar-refractivity contribution in [2.24, 2.45) is 0 Å². The van der Waals surface area contributed by atoms with Crippen LogP contribution in [0.5, 0.6) is 0 Å². The van der Waals surface area contributed by atoms with Crippen LogP contribution in [0.2, 0.25) is 0 Å². The molecule has 0 aromatic carbocycles. The average Bonchev–Trinajstić information content (AvgIpc) is 3.42. The molecule has 454 valence electrons. The quantitative estimate of drug-likeness (QED) is 0.0243. The molecule has 79 heavy (non-hydrogen) atoms. The van der Waals surface area contributed by atoms with E-state index in [4.69, 9.17) is 9.05 Å². The summed E-state index contributed by atoms with van der Waals surface area (Å²) in [5.41, 5.74) is 0. The number of aliphatic hydroxyl groups is 1. The Morgan fingerprint density at radius 1 is 0.443 bits per heavy atom. The molecular formula is C70H124N2O6P+. The summed E-state index contributed by atoms with van der Waals surface area (Å²) < 4.78 is 23.7. The Kier molecular flexibility index (Phi) is 57.2. The molecule has 3 atom stereocenters. The first kappa shape index (κ1) is 75.9. The monoisotopic (exact) mass is 1120 g/mol. The predicted octanol–water partition coefficient (Wildman–Crippen LogP) is 20.5. The Morgan fingerprint density at radius 2 is 0.772 bits per heavy atom. The van der Waals surface area contributed by atoms with E-state index in [1.807, 2.05) is 27.2 Å². The summed E-state index contributed by atoms with van der Waals surface area (Å²) in [6.07, 6.45) is 89.0. The van der Waals surface area contributed by atoms with Gasteiger partial charge in [0, 0.05) is 6.42 Å². The van der Waals surface area contributed by atoms with Crippen LogP contribution >= 0.6 is 7.82 Å². The standard InChI is InChI=1S/C70H123N2O6P/c1-6-8-10-12-14-16-18-20-22-24-26-28-30-32-34-35-36-38-39-41-43-45-47-49-51-53-55-57-59-61-63-69(73)68(67-78-79(75,76)77-66-65-72(3,4)5)71-70(74)64-62-60-58-56-54-52-50-48-46-44-42-40-37-33-31-29-27-25-23-21-19-17-15-13-11-9-7-2/h9,11,15,17,21,23,27,29,33,37,42,44-45,47-48,50,53,55,61,63,68-69,73H,6-8,10,12-14,16,18-20,22,24-26,28,30-32,34-36,38-41,43,46,49,51-52,54,56-60,62,64-67H2,1-5H3,(H-,71,74,75,76)/p+1/b11-9-,17-15-,23-21-,29-27-,37-33-,44-42-,47-45+,50-48-,55-53+,63-61+. The Hall–Kier alpha value is -3.10. The van der Waals surface area contributed by atoms with Gasteiger partial charge in [-0.2, -0.15) is 0 Å². The zero-order valence-electron chi connectivity index (χ0n) is 51.8. The maximum absolute atomic E-state index is 13.0. The molecule has 0 spiro atoms. The van der Waals surface area contributed by atoms with Gasteiger partial charge in [-0.1, -0.05) is 277 Å². The molecule has 0 fully saturated rings. The summed E-state index contributed by atoms with van der Waals surface area (Å²) in [4.78, 5) is 23.4. The molecular weight excluding hydrogens is 996 g/mol. The lowest BCUT2D eigenvalue weighted by molar-refractivity contribution is -0.870. The van der Waals surface area contributed by atoms with E-state index in [1.165, 1.54) is 135 Å². The van der Waals surface area contributed by atoms with Gasteiger partial charge in [0.05, 0.1) is 39.9 Å². The van der Waals surface area contributed by atoms with Crippen molar-refractivity contribution in [2.45, 2.75) is 276 Å². The maximum atomic E-state index is 13.0. The highest BCUT2D eigenvalue weighted by Gasteiger charge is 2.27. The van der Waals surface area contributed by atoms with Crippen molar-refractivity contribution in [1.82, 2.24) is 5.32 Å². The summed E-state index contributed by atoms with van der Waals surface area (Å²) >= 11 is 0. The van der Waals surface area contributed by atoms with Crippen molar-refractivity contribution in [3.8, 4) is 0 Å². The van der Waals surface area contributed by atoms with Crippen LogP contribution in [0.1, 0.15) is 264 Å². The molecule has 0 aromatic heterocycles. The first-order valence-corrected chi connectivity index (χ1v) is 33.9. The summed E-state index contributed by atoms with van der Waals surface area (Å²) in [5.74, 6) is -0.213. The highest BCUT2D eigenvalue weighted by atomic mass is 31.2. The van der Waals surface area contributed by atoms with Gasteiger partial charge in [-0.3, -0.25) is 13.8 Å². The average molecular weight is 1120 g/mol. The summed E-state index contributed by atoms with van der Waals surface area (Å²) in [6, 6.07) is -0.892. The zero-order chi connectivity index (χ0) is 57.7. The van der Waals surface area contributed by atoms with Crippen molar-refractivity contribution >= 4 is 13.7 Å². The van der Waals surface area contributed by atoms with Gasteiger partial charge in [-0.05, 0) is 103 Å². The fraction of sp³-hybridized carbons (Fsp3) is 0.700. The van der Waals surface area contributed by atoms with E-state index in [9.17, 15) is 19.4 Å². The van der Waals surface area contributed by atoms with E-state index in [2.05, 4.69) is 129 Å². The molecule has 0 heterocycles. The van der Waals surface area contributed by atoms with Gasteiger partial charge >= 0.3 is 7.82 Å². The Morgan fingerprint density at radius 3 is 1.16 bits per heavy atom. The fourth-order valence-corrected chi connectivity index (χ4v) is 9.61. The number of quaternary nitrogens is 1. The lowest BCUT2D eigenvalue weighted by Crippen LogP contribution is -2.45. The van der Waals surface area contributed by atoms with Gasteiger partial charge in [0.25, 0.3) is 0 Å². The molecule has 0 saturated carbocycles. The largest absolute Gasteiger partial charge is 0.472 e. The lowest BCUT2D eigenvalue weighted by atomic mass is 10.0. The van der Waals surface area contributed by atoms with E-state index < -0.39 is 20.0 Å². The van der Waals surface area contributed by atoms with Crippen LogP contribution in [-0.4, -0.2) is 73.4 Å². The van der Waals surface area contributed by atoms with Crippen molar-refractivity contribution in [3.63, 3.8) is 0 Å². The minimum absolute atomic E-state index is 0.0425. The lowest BCUT2D eigenvalue weighted by Gasteiger charge is -2.25. The number of allylic oxidation sites excluding steroid dienone is 19. The van der Waals surface area contributed by atoms with Crippen LogP contribution in [0.3, 0.4) is 0 Å². The van der Waals surface area contributed by atoms with Crippen LogP contribution in [-0.2, 0) is 18.4 Å². The topological polar surface area (TPSA) is 105 Å². The molecule has 0 aromatic rings. The molecule has 3 unspecified atom stereocenters. The Bertz CT molecular complexity index is 1700. The van der Waals surface area contributed by atoms with Crippen LogP contribution < -0.4 is 5.32 Å². The number of hydrogen-bond donors (Lipinski definition) is 3. The number of hydrogen-bond acceptors (Lipinski definition) is 5. The number of carbonyl (C=O) groups excluding carboxylic acids is 1. The molecule has 0 aliphatic carbocycles. The van der Waals surface area contributed by atoms with Crippen molar-refractivity contribution in [3.05, 3.63) is 122 Å². The second kappa shape index (κ2) is 59.5. The van der Waals surface area contributed by atoms with Crippen LogP contribution in [0, 0.1) is 0 Å². The number of rotatable bonds is 58. The molecule has 0 aliphatic rings. The van der Waals surface area contributed by atoms with Crippen molar-refractivity contribution in [2.75, 3.05) is 40.9 Å². The number of nitrogens with zero attached hydrogens (tertiary/aromatic N) is 1. The third-order valence-corrected chi connectivity index (χ3v) is 14.9. The van der Waals surface area contributed by atoms with Gasteiger partial charge in [-0.15, -0.1) is 0 Å². The number of carbonyl (C=O) groups is 1. The molecule has 8 nitrogen and oxygen atoms in total. The summed E-state index contributed by atoms with van der Waals surface area (Å²) in [6.45, 7) is 4.66. The SMILES string of the molecule is CC/C=C\C/C=C\C/C=C\C/C=C\C/C=C\C/C=C\C/C=C\CCCCCCCC(=O)NC(COP(=O)(O)OCC[N+](C)(C)C)C(O)/C=C/CC/C=C/CC/C=C/CCCCCCCCCCCCCCCCCCCCCC. The minimum Gasteiger partial charge on any atom is -0.387 e. The van der Waals surface area contributed by atoms with Crippen LogP contribution in [0.15, 0.2) is 122 Å². The molecule has 0 saturated heterocycles. The van der Waals surface area contributed by atoms with Crippen molar-refractivity contribution in [1.29, 1.82) is 0 Å². The maximum Gasteiger partial charge on any atom is 0.472 e. The van der Waals surface area contributed by atoms with Gasteiger partial charge in [0.1, 0.15) is 13.2 Å². The number of phosphoric acid groups is 1. The first-order valence-electron chi connectivity index (χ1n) is 32.4. The van der Waals surface area contributed by atoms with Gasteiger partial charge in [0.2, 0.25) is 5.91 Å². The normalized spacial score (nSPS) is 14.6. The Balaban J connectivity index is 4.28. The molecule has 0 radical (unpaired) electrons. The fourth-order valence-electron chi connectivity index (χ4n) is 8.88. The number of phosphoric ester groups is 1. The highest BCUT2D eigenvalue weighted by molar-refractivity contribution is 7.47. The van der Waals surface area contributed by atoms with Crippen molar-refractivity contribution < 1.29 is 32.9 Å². The van der Waals surface area contributed by atoms with E-state index in [0.717, 1.165) is 109 Å².